The van der Waals surface area contributed by atoms with E-state index >= 15 is 0 Å². The van der Waals surface area contributed by atoms with Crippen LogP contribution in [0.4, 0.5) is 5.69 Å². The van der Waals surface area contributed by atoms with Gasteiger partial charge < -0.3 is 10.0 Å². The zero-order valence-corrected chi connectivity index (χ0v) is 9.61. The van der Waals surface area contributed by atoms with E-state index in [4.69, 9.17) is 16.9 Å². The molecule has 1 fully saturated rings. The predicted molar refractivity (Wildman–Crippen MR) is 63.6 cm³/mol. The second-order valence-corrected chi connectivity index (χ2v) is 4.45. The van der Waals surface area contributed by atoms with E-state index in [0.29, 0.717) is 17.1 Å². The van der Waals surface area contributed by atoms with Gasteiger partial charge in [-0.25, -0.2) is 0 Å². The van der Waals surface area contributed by atoms with Crippen molar-refractivity contribution < 1.29 is 5.11 Å². The van der Waals surface area contributed by atoms with Crippen molar-refractivity contribution >= 4 is 17.3 Å². The summed E-state index contributed by atoms with van der Waals surface area (Å²) in [5.74, 6) is 0. The lowest BCUT2D eigenvalue weighted by molar-refractivity contribution is 0.154. The summed E-state index contributed by atoms with van der Waals surface area (Å²) in [5, 5.41) is 19.2. The first-order valence-corrected chi connectivity index (χ1v) is 5.71. The number of hydrogen-bond acceptors (Lipinski definition) is 3. The van der Waals surface area contributed by atoms with Crippen LogP contribution in [0.3, 0.4) is 0 Å². The molecule has 0 saturated carbocycles. The average Bonchev–Trinajstić information content (AvgIpc) is 2.28. The summed E-state index contributed by atoms with van der Waals surface area (Å²) in [7, 11) is 0. The Balaban J connectivity index is 2.29. The van der Waals surface area contributed by atoms with Crippen LogP contribution in [-0.2, 0) is 0 Å². The molecule has 0 amide bonds. The van der Waals surface area contributed by atoms with E-state index in [1.807, 2.05) is 11.0 Å². The molecule has 0 bridgehead atoms. The average molecular weight is 237 g/mol. The molecule has 1 N–H and O–H groups in total. The Morgan fingerprint density at radius 1 is 1.50 bits per heavy atom. The van der Waals surface area contributed by atoms with Gasteiger partial charge in [-0.3, -0.25) is 0 Å². The number of piperidine rings is 1. The minimum atomic E-state index is -0.295. The molecule has 0 aliphatic carbocycles. The number of nitrogens with zero attached hydrogens (tertiary/aromatic N) is 2. The van der Waals surface area contributed by atoms with Gasteiger partial charge in [0.15, 0.2) is 0 Å². The fraction of sp³-hybridized carbons (Fsp3) is 0.417. The lowest BCUT2D eigenvalue weighted by Gasteiger charge is -2.32. The molecule has 16 heavy (non-hydrogen) atoms. The Labute approximate surface area is 99.9 Å². The van der Waals surface area contributed by atoms with Gasteiger partial charge in [0, 0.05) is 18.1 Å². The second-order valence-electron chi connectivity index (χ2n) is 4.02. The van der Waals surface area contributed by atoms with Crippen LogP contribution in [0.2, 0.25) is 5.02 Å². The van der Waals surface area contributed by atoms with Crippen molar-refractivity contribution in [2.24, 2.45) is 0 Å². The van der Waals surface area contributed by atoms with E-state index < -0.39 is 0 Å². The third kappa shape index (κ3) is 2.29. The minimum absolute atomic E-state index is 0.295. The van der Waals surface area contributed by atoms with Crippen molar-refractivity contribution in [3.63, 3.8) is 0 Å². The predicted octanol–water partition coefficient (Wildman–Crippen LogP) is 2.17. The number of aliphatic hydroxyl groups excluding tert-OH is 1. The number of hydrogen-bond donors (Lipinski definition) is 1. The van der Waals surface area contributed by atoms with Gasteiger partial charge in [0.1, 0.15) is 6.07 Å². The molecule has 0 spiro atoms. The molecule has 1 aromatic rings. The van der Waals surface area contributed by atoms with Crippen molar-refractivity contribution in [2.75, 3.05) is 18.0 Å². The SMILES string of the molecule is N#Cc1cc(Cl)ccc1N1CCCC(O)C1. The van der Waals surface area contributed by atoms with Crippen molar-refractivity contribution in [1.82, 2.24) is 0 Å². The maximum atomic E-state index is 9.61. The molecular formula is C12H13ClN2O. The Morgan fingerprint density at radius 2 is 2.31 bits per heavy atom. The highest BCUT2D eigenvalue weighted by atomic mass is 35.5. The number of rotatable bonds is 1. The first kappa shape index (κ1) is 11.3. The van der Waals surface area contributed by atoms with Gasteiger partial charge >= 0.3 is 0 Å². The van der Waals surface area contributed by atoms with Crippen molar-refractivity contribution in [3.8, 4) is 6.07 Å². The van der Waals surface area contributed by atoms with E-state index in [9.17, 15) is 5.11 Å². The molecule has 2 rings (SSSR count). The van der Waals surface area contributed by atoms with Crippen LogP contribution in [-0.4, -0.2) is 24.3 Å². The summed E-state index contributed by atoms with van der Waals surface area (Å²) >= 11 is 5.84. The maximum absolute atomic E-state index is 9.61. The van der Waals surface area contributed by atoms with Gasteiger partial charge in [0.25, 0.3) is 0 Å². The summed E-state index contributed by atoms with van der Waals surface area (Å²) < 4.78 is 0. The molecule has 0 radical (unpaired) electrons. The van der Waals surface area contributed by atoms with Gasteiger partial charge in [-0.05, 0) is 31.0 Å². The van der Waals surface area contributed by atoms with Gasteiger partial charge in [-0.15, -0.1) is 0 Å². The number of nitriles is 1. The topological polar surface area (TPSA) is 47.3 Å². The third-order valence-electron chi connectivity index (χ3n) is 2.82. The molecule has 1 atom stereocenters. The van der Waals surface area contributed by atoms with Crippen LogP contribution >= 0.6 is 11.6 Å². The van der Waals surface area contributed by atoms with Crippen LogP contribution < -0.4 is 4.90 Å². The van der Waals surface area contributed by atoms with Crippen LogP contribution in [0.25, 0.3) is 0 Å². The fourth-order valence-electron chi connectivity index (χ4n) is 2.05. The van der Waals surface area contributed by atoms with E-state index in [1.54, 1.807) is 12.1 Å². The van der Waals surface area contributed by atoms with E-state index in [2.05, 4.69) is 6.07 Å². The highest BCUT2D eigenvalue weighted by Crippen LogP contribution is 2.26. The highest BCUT2D eigenvalue weighted by molar-refractivity contribution is 6.30. The molecule has 84 valence electrons. The lowest BCUT2D eigenvalue weighted by Crippen LogP contribution is -2.38. The molecule has 4 heteroatoms. The number of halogens is 1. The number of benzene rings is 1. The summed E-state index contributed by atoms with van der Waals surface area (Å²) in [6.45, 7) is 1.48. The summed E-state index contributed by atoms with van der Waals surface area (Å²) in [6, 6.07) is 7.43. The van der Waals surface area contributed by atoms with E-state index in [0.717, 1.165) is 25.1 Å². The molecule has 1 aromatic carbocycles. The molecule has 1 saturated heterocycles. The fourth-order valence-corrected chi connectivity index (χ4v) is 2.22. The number of β-amino-alcohol motifs (C(OH)–C–C–N with tert-alkyl or cyclic N) is 1. The molecule has 3 nitrogen and oxygen atoms in total. The maximum Gasteiger partial charge on any atom is 0.101 e. The zero-order chi connectivity index (χ0) is 11.5. The first-order valence-electron chi connectivity index (χ1n) is 5.33. The largest absolute Gasteiger partial charge is 0.391 e. The Kier molecular flexibility index (Phi) is 3.33. The quantitative estimate of drug-likeness (QED) is 0.813. The Bertz CT molecular complexity index is 428. The van der Waals surface area contributed by atoms with E-state index in [1.165, 1.54) is 0 Å². The Hall–Kier alpha value is -1.24. The third-order valence-corrected chi connectivity index (χ3v) is 3.05. The summed E-state index contributed by atoms with van der Waals surface area (Å²) in [6.07, 6.45) is 1.50. The monoisotopic (exact) mass is 236 g/mol. The molecule has 1 aliphatic rings. The van der Waals surface area contributed by atoms with Crippen LogP contribution in [0.5, 0.6) is 0 Å². The number of anilines is 1. The number of aliphatic hydroxyl groups is 1. The zero-order valence-electron chi connectivity index (χ0n) is 8.86. The van der Waals surface area contributed by atoms with Crippen molar-refractivity contribution in [3.05, 3.63) is 28.8 Å². The van der Waals surface area contributed by atoms with Gasteiger partial charge in [-0.1, -0.05) is 11.6 Å². The standard InChI is InChI=1S/C12H13ClN2O/c13-10-3-4-12(9(6-10)7-14)15-5-1-2-11(16)8-15/h3-4,6,11,16H,1-2,5,8H2. The molecule has 1 heterocycles. The normalized spacial score (nSPS) is 20.6. The lowest BCUT2D eigenvalue weighted by atomic mass is 10.1. The van der Waals surface area contributed by atoms with Crippen molar-refractivity contribution in [2.45, 2.75) is 18.9 Å². The second kappa shape index (κ2) is 4.73. The highest BCUT2D eigenvalue weighted by Gasteiger charge is 2.19. The molecule has 1 unspecified atom stereocenters. The smallest absolute Gasteiger partial charge is 0.101 e. The summed E-state index contributed by atoms with van der Waals surface area (Å²) in [5.41, 5.74) is 1.44. The van der Waals surface area contributed by atoms with E-state index in [-0.39, 0.29) is 6.10 Å². The minimum Gasteiger partial charge on any atom is -0.391 e. The van der Waals surface area contributed by atoms with Crippen LogP contribution in [0.15, 0.2) is 18.2 Å². The van der Waals surface area contributed by atoms with Gasteiger partial charge in [0.2, 0.25) is 0 Å². The molecule has 1 aliphatic heterocycles. The first-order chi connectivity index (χ1) is 7.70. The van der Waals surface area contributed by atoms with Gasteiger partial charge in [0.05, 0.1) is 17.4 Å². The molecular weight excluding hydrogens is 224 g/mol. The van der Waals surface area contributed by atoms with Crippen LogP contribution in [0, 0.1) is 11.3 Å². The van der Waals surface area contributed by atoms with Crippen LogP contribution in [0.1, 0.15) is 18.4 Å². The van der Waals surface area contributed by atoms with Gasteiger partial charge in [-0.2, -0.15) is 5.26 Å². The summed E-state index contributed by atoms with van der Waals surface area (Å²) in [4.78, 5) is 2.04. The molecule has 0 aromatic heterocycles. The Morgan fingerprint density at radius 3 is 3.00 bits per heavy atom. The van der Waals surface area contributed by atoms with Crippen molar-refractivity contribution in [1.29, 1.82) is 5.26 Å².